The van der Waals surface area contributed by atoms with Crippen LogP contribution in [0.15, 0.2) is 47.4 Å². The zero-order chi connectivity index (χ0) is 21.8. The fraction of sp³-hybridized carbons (Fsp3) is 0.278. The van der Waals surface area contributed by atoms with E-state index in [1.807, 2.05) is 0 Å². The molecule has 0 unspecified atom stereocenters. The first-order valence-electron chi connectivity index (χ1n) is 8.66. The van der Waals surface area contributed by atoms with E-state index in [2.05, 4.69) is 10.0 Å². The van der Waals surface area contributed by atoms with Crippen molar-refractivity contribution < 1.29 is 21.6 Å². The van der Waals surface area contributed by atoms with E-state index in [0.29, 0.717) is 18.8 Å². The summed E-state index contributed by atoms with van der Waals surface area (Å²) in [6.45, 7) is 4.24. The molecule has 0 aliphatic heterocycles. The Morgan fingerprint density at radius 3 is 2.00 bits per heavy atom. The lowest BCUT2D eigenvalue weighted by Crippen LogP contribution is -2.30. The fourth-order valence-electron chi connectivity index (χ4n) is 2.60. The summed E-state index contributed by atoms with van der Waals surface area (Å²) in [5.74, 6) is -0.514. The highest BCUT2D eigenvalue weighted by atomic mass is 35.5. The molecule has 29 heavy (non-hydrogen) atoms. The van der Waals surface area contributed by atoms with Crippen molar-refractivity contribution in [2.75, 3.05) is 29.4 Å². The maximum absolute atomic E-state index is 12.5. The van der Waals surface area contributed by atoms with Gasteiger partial charge in [-0.15, -0.1) is 0 Å². The van der Waals surface area contributed by atoms with Crippen LogP contribution in [-0.4, -0.2) is 46.4 Å². The number of carbonyl (C=O) groups is 1. The van der Waals surface area contributed by atoms with E-state index in [1.165, 1.54) is 46.8 Å². The average molecular weight is 460 g/mol. The lowest BCUT2D eigenvalue weighted by molar-refractivity contribution is 0.102. The number of anilines is 2. The predicted molar refractivity (Wildman–Crippen MR) is 114 cm³/mol. The summed E-state index contributed by atoms with van der Waals surface area (Å²) in [6.07, 6.45) is 1.01. The largest absolute Gasteiger partial charge is 0.322 e. The smallest absolute Gasteiger partial charge is 0.257 e. The minimum Gasteiger partial charge on any atom is -0.322 e. The number of nitrogens with one attached hydrogen (secondary N) is 2. The molecular formula is C18H22ClN3O5S2. The monoisotopic (exact) mass is 459 g/mol. The molecule has 0 aliphatic rings. The van der Waals surface area contributed by atoms with Crippen molar-refractivity contribution in [2.45, 2.75) is 18.7 Å². The SMILES string of the molecule is CCN(CC)S(=O)(=O)c1ccc(NC(=O)c2ccc(NS(C)(=O)=O)cc2Cl)cc1. The van der Waals surface area contributed by atoms with Gasteiger partial charge in [0.05, 0.1) is 21.7 Å². The first-order valence-corrected chi connectivity index (χ1v) is 12.4. The van der Waals surface area contributed by atoms with Crippen LogP contribution in [0.1, 0.15) is 24.2 Å². The minimum atomic E-state index is -3.58. The van der Waals surface area contributed by atoms with Crippen molar-refractivity contribution in [1.82, 2.24) is 4.31 Å². The second-order valence-electron chi connectivity index (χ2n) is 6.14. The third kappa shape index (κ3) is 5.92. The van der Waals surface area contributed by atoms with Crippen LogP contribution in [0.3, 0.4) is 0 Å². The first kappa shape index (κ1) is 23.1. The molecule has 2 rings (SSSR count). The van der Waals surface area contributed by atoms with Gasteiger partial charge in [0.1, 0.15) is 0 Å². The van der Waals surface area contributed by atoms with Gasteiger partial charge < -0.3 is 5.32 Å². The summed E-state index contributed by atoms with van der Waals surface area (Å²) in [5, 5.41) is 2.70. The molecule has 0 atom stereocenters. The number of rotatable bonds is 8. The molecular weight excluding hydrogens is 438 g/mol. The highest BCUT2D eigenvalue weighted by molar-refractivity contribution is 7.92. The van der Waals surface area contributed by atoms with Gasteiger partial charge in [0, 0.05) is 24.5 Å². The third-order valence-corrected chi connectivity index (χ3v) is 6.96. The van der Waals surface area contributed by atoms with E-state index < -0.39 is 26.0 Å². The minimum absolute atomic E-state index is 0.0666. The van der Waals surface area contributed by atoms with Crippen molar-refractivity contribution in [3.63, 3.8) is 0 Å². The highest BCUT2D eigenvalue weighted by Crippen LogP contribution is 2.24. The molecule has 0 heterocycles. The van der Waals surface area contributed by atoms with Crippen LogP contribution in [0, 0.1) is 0 Å². The van der Waals surface area contributed by atoms with Gasteiger partial charge in [-0.3, -0.25) is 9.52 Å². The molecule has 0 radical (unpaired) electrons. The van der Waals surface area contributed by atoms with Gasteiger partial charge in [-0.05, 0) is 42.5 Å². The lowest BCUT2D eigenvalue weighted by Gasteiger charge is -2.18. The van der Waals surface area contributed by atoms with E-state index in [0.717, 1.165) is 6.26 Å². The Balaban J connectivity index is 2.17. The van der Waals surface area contributed by atoms with Crippen LogP contribution in [0.25, 0.3) is 0 Å². The molecule has 0 spiro atoms. The van der Waals surface area contributed by atoms with Gasteiger partial charge in [0.15, 0.2) is 0 Å². The molecule has 158 valence electrons. The number of amides is 1. The third-order valence-electron chi connectivity index (χ3n) is 3.97. The topological polar surface area (TPSA) is 113 Å². The summed E-state index contributed by atoms with van der Waals surface area (Å²) < 4.78 is 51.1. The standard InChI is InChI=1S/C18H22ClN3O5S2/c1-4-22(5-2)29(26,27)15-9-6-13(7-10-15)20-18(23)16-11-8-14(12-17(16)19)21-28(3,24)25/h6-12,21H,4-5H2,1-3H3,(H,20,23). The summed E-state index contributed by atoms with van der Waals surface area (Å²) in [6, 6.07) is 9.96. The quantitative estimate of drug-likeness (QED) is 0.630. The molecule has 0 saturated heterocycles. The summed E-state index contributed by atoms with van der Waals surface area (Å²) in [4.78, 5) is 12.6. The van der Waals surface area contributed by atoms with Gasteiger partial charge >= 0.3 is 0 Å². The van der Waals surface area contributed by atoms with Crippen molar-refractivity contribution in [3.8, 4) is 0 Å². The fourth-order valence-corrected chi connectivity index (χ4v) is 4.88. The Bertz CT molecular complexity index is 1100. The maximum atomic E-state index is 12.5. The second kappa shape index (κ2) is 9.12. The molecule has 0 saturated carbocycles. The van der Waals surface area contributed by atoms with Gasteiger partial charge in [-0.25, -0.2) is 16.8 Å². The van der Waals surface area contributed by atoms with E-state index >= 15 is 0 Å². The summed E-state index contributed by atoms with van der Waals surface area (Å²) in [5.41, 5.74) is 0.772. The zero-order valence-corrected chi connectivity index (χ0v) is 18.5. The Morgan fingerprint density at radius 1 is 0.966 bits per heavy atom. The summed E-state index contributed by atoms with van der Waals surface area (Å²) in [7, 11) is -7.05. The number of hydrogen-bond donors (Lipinski definition) is 2. The molecule has 0 bridgehead atoms. The Hall–Kier alpha value is -2.14. The van der Waals surface area contributed by atoms with E-state index in [9.17, 15) is 21.6 Å². The molecule has 11 heteroatoms. The Labute approximate surface area is 176 Å². The molecule has 0 aliphatic carbocycles. The number of carbonyl (C=O) groups excluding carboxylic acids is 1. The van der Waals surface area contributed by atoms with E-state index in [-0.39, 0.29) is 21.2 Å². The number of sulfonamides is 2. The van der Waals surface area contributed by atoms with Gasteiger partial charge in [0.2, 0.25) is 20.0 Å². The number of halogens is 1. The molecule has 1 amide bonds. The van der Waals surface area contributed by atoms with Crippen LogP contribution < -0.4 is 10.0 Å². The van der Waals surface area contributed by atoms with Crippen LogP contribution in [0.5, 0.6) is 0 Å². The number of hydrogen-bond acceptors (Lipinski definition) is 5. The molecule has 8 nitrogen and oxygen atoms in total. The Kier molecular flexibility index (Phi) is 7.28. The predicted octanol–water partition coefficient (Wildman–Crippen LogP) is 2.99. The number of benzene rings is 2. The van der Waals surface area contributed by atoms with Crippen LogP contribution in [0.4, 0.5) is 11.4 Å². The number of nitrogens with zero attached hydrogens (tertiary/aromatic N) is 1. The molecule has 2 N–H and O–H groups in total. The van der Waals surface area contributed by atoms with E-state index in [4.69, 9.17) is 11.6 Å². The van der Waals surface area contributed by atoms with E-state index in [1.54, 1.807) is 13.8 Å². The van der Waals surface area contributed by atoms with Crippen molar-refractivity contribution in [3.05, 3.63) is 53.1 Å². The maximum Gasteiger partial charge on any atom is 0.257 e. The highest BCUT2D eigenvalue weighted by Gasteiger charge is 2.21. The lowest BCUT2D eigenvalue weighted by atomic mass is 10.2. The zero-order valence-electron chi connectivity index (χ0n) is 16.1. The van der Waals surface area contributed by atoms with Gasteiger partial charge in [0.25, 0.3) is 5.91 Å². The normalized spacial score (nSPS) is 12.0. The van der Waals surface area contributed by atoms with Crippen molar-refractivity contribution in [2.24, 2.45) is 0 Å². The molecule has 2 aromatic rings. The van der Waals surface area contributed by atoms with Gasteiger partial charge in [-0.1, -0.05) is 25.4 Å². The van der Waals surface area contributed by atoms with Crippen LogP contribution >= 0.6 is 11.6 Å². The van der Waals surface area contributed by atoms with Crippen LogP contribution in [-0.2, 0) is 20.0 Å². The second-order valence-corrected chi connectivity index (χ2v) is 10.2. The average Bonchev–Trinajstić information content (AvgIpc) is 2.61. The van der Waals surface area contributed by atoms with Crippen LogP contribution in [0.2, 0.25) is 5.02 Å². The molecule has 0 fully saturated rings. The summed E-state index contributed by atoms with van der Waals surface area (Å²) >= 11 is 6.09. The first-order chi connectivity index (χ1) is 13.5. The van der Waals surface area contributed by atoms with Crippen molar-refractivity contribution >= 4 is 48.9 Å². The Morgan fingerprint density at radius 2 is 1.52 bits per heavy atom. The molecule has 0 aromatic heterocycles. The van der Waals surface area contributed by atoms with Crippen molar-refractivity contribution in [1.29, 1.82) is 0 Å². The molecule has 2 aromatic carbocycles. The van der Waals surface area contributed by atoms with Gasteiger partial charge in [-0.2, -0.15) is 4.31 Å².